The van der Waals surface area contributed by atoms with E-state index >= 15 is 0 Å². The van der Waals surface area contributed by atoms with Gasteiger partial charge < -0.3 is 14.6 Å². The molecular formula is C13H15FO4. The molecule has 2 rings (SSSR count). The molecule has 0 aromatic heterocycles. The lowest BCUT2D eigenvalue weighted by Gasteiger charge is -2.22. The van der Waals surface area contributed by atoms with E-state index in [9.17, 15) is 9.18 Å². The first kappa shape index (κ1) is 12.8. The molecule has 1 N–H and O–H groups in total. The molecule has 1 heterocycles. The van der Waals surface area contributed by atoms with Crippen molar-refractivity contribution >= 4 is 5.97 Å². The maximum absolute atomic E-state index is 13.0. The van der Waals surface area contributed by atoms with Crippen molar-refractivity contribution in [3.63, 3.8) is 0 Å². The monoisotopic (exact) mass is 254 g/mol. The number of carboxylic acid groups (broad SMARTS) is 1. The number of aromatic carboxylic acids is 1. The first-order valence-electron chi connectivity index (χ1n) is 5.90. The highest BCUT2D eigenvalue weighted by atomic mass is 19.1. The van der Waals surface area contributed by atoms with Gasteiger partial charge in [0.15, 0.2) is 0 Å². The highest BCUT2D eigenvalue weighted by Gasteiger charge is 2.17. The van der Waals surface area contributed by atoms with Crippen molar-refractivity contribution in [2.45, 2.75) is 12.8 Å². The zero-order chi connectivity index (χ0) is 13.0. The van der Waals surface area contributed by atoms with Gasteiger partial charge in [-0.1, -0.05) is 0 Å². The van der Waals surface area contributed by atoms with E-state index in [1.807, 2.05) is 0 Å². The summed E-state index contributed by atoms with van der Waals surface area (Å²) in [6, 6.07) is 3.53. The third kappa shape index (κ3) is 3.20. The predicted molar refractivity (Wildman–Crippen MR) is 62.4 cm³/mol. The maximum Gasteiger partial charge on any atom is 0.339 e. The Hall–Kier alpha value is -1.62. The molecule has 0 radical (unpaired) electrons. The van der Waals surface area contributed by atoms with E-state index in [2.05, 4.69) is 0 Å². The molecule has 1 aliphatic rings. The average Bonchev–Trinajstić information content (AvgIpc) is 2.38. The van der Waals surface area contributed by atoms with Crippen molar-refractivity contribution in [2.75, 3.05) is 19.8 Å². The molecular weight excluding hydrogens is 239 g/mol. The summed E-state index contributed by atoms with van der Waals surface area (Å²) in [5, 5.41) is 8.96. The van der Waals surface area contributed by atoms with Gasteiger partial charge in [0.05, 0.1) is 6.61 Å². The molecule has 0 unspecified atom stereocenters. The van der Waals surface area contributed by atoms with E-state index < -0.39 is 11.8 Å². The van der Waals surface area contributed by atoms with Crippen LogP contribution in [0.5, 0.6) is 5.75 Å². The summed E-state index contributed by atoms with van der Waals surface area (Å²) in [7, 11) is 0. The lowest BCUT2D eigenvalue weighted by Crippen LogP contribution is -2.22. The van der Waals surface area contributed by atoms with Crippen LogP contribution >= 0.6 is 0 Å². The SMILES string of the molecule is O=C(O)c1cc(F)ccc1OCC1CCOCC1. The molecule has 4 nitrogen and oxygen atoms in total. The molecule has 18 heavy (non-hydrogen) atoms. The van der Waals surface area contributed by atoms with E-state index in [1.54, 1.807) is 0 Å². The van der Waals surface area contributed by atoms with Crippen LogP contribution in [0.15, 0.2) is 18.2 Å². The Labute approximate surface area is 104 Å². The summed E-state index contributed by atoms with van der Waals surface area (Å²) < 4.78 is 23.7. The average molecular weight is 254 g/mol. The number of hydrogen-bond donors (Lipinski definition) is 1. The van der Waals surface area contributed by atoms with Crippen molar-refractivity contribution in [3.05, 3.63) is 29.6 Å². The largest absolute Gasteiger partial charge is 0.492 e. The Balaban J connectivity index is 2.01. The quantitative estimate of drug-likeness (QED) is 0.896. The molecule has 0 aliphatic carbocycles. The van der Waals surface area contributed by atoms with Crippen LogP contribution in [0.25, 0.3) is 0 Å². The summed E-state index contributed by atoms with van der Waals surface area (Å²) in [5.74, 6) is -1.18. The van der Waals surface area contributed by atoms with Gasteiger partial charge in [0, 0.05) is 13.2 Å². The van der Waals surface area contributed by atoms with Crippen LogP contribution in [-0.4, -0.2) is 30.9 Å². The van der Waals surface area contributed by atoms with Gasteiger partial charge in [-0.2, -0.15) is 0 Å². The third-order valence-corrected chi connectivity index (χ3v) is 2.99. The summed E-state index contributed by atoms with van der Waals surface area (Å²) in [5.41, 5.74) is -0.137. The van der Waals surface area contributed by atoms with Crippen molar-refractivity contribution in [3.8, 4) is 5.75 Å². The molecule has 0 atom stereocenters. The fourth-order valence-corrected chi connectivity index (χ4v) is 1.92. The second kappa shape index (κ2) is 5.82. The second-order valence-electron chi connectivity index (χ2n) is 4.31. The number of hydrogen-bond acceptors (Lipinski definition) is 3. The Morgan fingerprint density at radius 2 is 2.17 bits per heavy atom. The van der Waals surface area contributed by atoms with Crippen LogP contribution in [0.1, 0.15) is 23.2 Å². The molecule has 1 aromatic carbocycles. The molecule has 98 valence electrons. The van der Waals surface area contributed by atoms with E-state index in [0.717, 1.165) is 18.9 Å². The molecule has 5 heteroatoms. The minimum absolute atomic E-state index is 0.137. The third-order valence-electron chi connectivity index (χ3n) is 2.99. The first-order chi connectivity index (χ1) is 8.66. The first-order valence-corrected chi connectivity index (χ1v) is 5.90. The summed E-state index contributed by atoms with van der Waals surface area (Å²) in [6.45, 7) is 1.86. The number of halogens is 1. The predicted octanol–water partition coefficient (Wildman–Crippen LogP) is 2.33. The van der Waals surface area contributed by atoms with Crippen LogP contribution in [0, 0.1) is 11.7 Å². The summed E-state index contributed by atoms with van der Waals surface area (Å²) in [6.07, 6.45) is 1.81. The van der Waals surface area contributed by atoms with Crippen LogP contribution in [0.4, 0.5) is 4.39 Å². The van der Waals surface area contributed by atoms with Gasteiger partial charge in [-0.05, 0) is 37.0 Å². The summed E-state index contributed by atoms with van der Waals surface area (Å²) >= 11 is 0. The molecule has 0 bridgehead atoms. The van der Waals surface area contributed by atoms with Gasteiger partial charge in [0.2, 0.25) is 0 Å². The standard InChI is InChI=1S/C13H15FO4/c14-10-1-2-12(11(7-10)13(15)16)18-8-9-3-5-17-6-4-9/h1-2,7,9H,3-6,8H2,(H,15,16). The fourth-order valence-electron chi connectivity index (χ4n) is 1.92. The number of ether oxygens (including phenoxy) is 2. The van der Waals surface area contributed by atoms with Crippen LogP contribution < -0.4 is 4.74 Å². The lowest BCUT2D eigenvalue weighted by molar-refractivity contribution is 0.0490. The highest BCUT2D eigenvalue weighted by Crippen LogP contribution is 2.22. The fraction of sp³-hybridized carbons (Fsp3) is 0.462. The van der Waals surface area contributed by atoms with Crippen LogP contribution in [0.3, 0.4) is 0 Å². The number of rotatable bonds is 4. The van der Waals surface area contributed by atoms with Crippen LogP contribution in [-0.2, 0) is 4.74 Å². The summed E-state index contributed by atoms with van der Waals surface area (Å²) in [4.78, 5) is 11.0. The molecule has 1 fully saturated rings. The van der Waals surface area contributed by atoms with Gasteiger partial charge in [-0.3, -0.25) is 0 Å². The lowest BCUT2D eigenvalue weighted by atomic mass is 10.0. The zero-order valence-electron chi connectivity index (χ0n) is 9.89. The Kier molecular flexibility index (Phi) is 4.15. The normalized spacial score (nSPS) is 16.5. The molecule has 0 spiro atoms. The van der Waals surface area contributed by atoms with Crippen molar-refractivity contribution in [1.82, 2.24) is 0 Å². The molecule has 1 aromatic rings. The number of carboxylic acids is 1. The van der Waals surface area contributed by atoms with Crippen molar-refractivity contribution in [1.29, 1.82) is 0 Å². The second-order valence-corrected chi connectivity index (χ2v) is 4.31. The minimum atomic E-state index is -1.18. The van der Waals surface area contributed by atoms with Gasteiger partial charge in [-0.15, -0.1) is 0 Å². The van der Waals surface area contributed by atoms with Crippen molar-refractivity contribution < 1.29 is 23.8 Å². The van der Waals surface area contributed by atoms with Gasteiger partial charge in [0.1, 0.15) is 17.1 Å². The number of carbonyl (C=O) groups is 1. The maximum atomic E-state index is 13.0. The Morgan fingerprint density at radius 1 is 1.44 bits per heavy atom. The van der Waals surface area contributed by atoms with Crippen molar-refractivity contribution in [2.24, 2.45) is 5.92 Å². The van der Waals surface area contributed by atoms with E-state index in [1.165, 1.54) is 12.1 Å². The van der Waals surface area contributed by atoms with Gasteiger partial charge >= 0.3 is 5.97 Å². The van der Waals surface area contributed by atoms with E-state index in [-0.39, 0.29) is 11.3 Å². The number of benzene rings is 1. The van der Waals surface area contributed by atoms with E-state index in [4.69, 9.17) is 14.6 Å². The topological polar surface area (TPSA) is 55.8 Å². The van der Waals surface area contributed by atoms with Gasteiger partial charge in [-0.25, -0.2) is 9.18 Å². The molecule has 1 saturated heterocycles. The highest BCUT2D eigenvalue weighted by molar-refractivity contribution is 5.90. The smallest absolute Gasteiger partial charge is 0.339 e. The van der Waals surface area contributed by atoms with E-state index in [0.29, 0.717) is 25.7 Å². The molecule has 0 saturated carbocycles. The van der Waals surface area contributed by atoms with Crippen LogP contribution in [0.2, 0.25) is 0 Å². The Bertz CT molecular complexity index is 427. The Morgan fingerprint density at radius 3 is 2.83 bits per heavy atom. The molecule has 0 amide bonds. The minimum Gasteiger partial charge on any atom is -0.492 e. The molecule has 1 aliphatic heterocycles. The zero-order valence-corrected chi connectivity index (χ0v) is 9.89. The van der Waals surface area contributed by atoms with Gasteiger partial charge in [0.25, 0.3) is 0 Å².